The first-order valence-electron chi connectivity index (χ1n) is 24.5. The van der Waals surface area contributed by atoms with Crippen molar-refractivity contribution < 1.29 is 38.8 Å². The number of carbonyl (C=O) groups excluding carboxylic acids is 4. The minimum Gasteiger partial charge on any atom is -0.508 e. The average molecular weight is 977 g/mol. The Hall–Kier alpha value is -6.70. The van der Waals surface area contributed by atoms with Crippen LogP contribution < -0.4 is 16.1 Å². The van der Waals surface area contributed by atoms with Crippen LogP contribution in [0, 0.1) is 16.2 Å². The van der Waals surface area contributed by atoms with E-state index in [-0.39, 0.29) is 43.1 Å². The molecule has 4 aromatic rings. The SMILES string of the molecule is CCn1c(C2=C([C@H](C)OC)N=CCC2)c2c3cc(ccc31)-c1cc(O)cc(c1)C[C@H](NC(=O)[C@H](C(C)C)N(C)C(=O)c1ncc(NC(=O)/C=C/CN(C)C)[nH]1)C(=O)N1CCC[C@H](N1)[N+](=O)OCC(C)(C)C2. The Morgan fingerprint density at radius 3 is 2.61 bits per heavy atom. The van der Waals surface area contributed by atoms with E-state index >= 15 is 0 Å². The summed E-state index contributed by atoms with van der Waals surface area (Å²) in [6.07, 6.45) is 8.09. The van der Waals surface area contributed by atoms with Crippen LogP contribution in [0.5, 0.6) is 5.75 Å². The normalized spacial score (nSPS) is 19.5. The number of rotatable bonds is 13. The number of aromatic amines is 1. The number of hydrogen-bond acceptors (Lipinski definition) is 12. The molecule has 2 aromatic carbocycles. The number of benzene rings is 2. The smallest absolute Gasteiger partial charge is 0.326 e. The van der Waals surface area contributed by atoms with Gasteiger partial charge in [-0.1, -0.05) is 45.9 Å². The lowest BCUT2D eigenvalue weighted by molar-refractivity contribution is -0.835. The summed E-state index contributed by atoms with van der Waals surface area (Å²) in [6.45, 7) is 13.4. The Labute approximate surface area is 415 Å². The molecule has 19 nitrogen and oxygen atoms in total. The Bertz CT molecular complexity index is 2750. The summed E-state index contributed by atoms with van der Waals surface area (Å²) in [4.78, 5) is 91.3. The van der Waals surface area contributed by atoms with Crippen molar-refractivity contribution >= 4 is 52.1 Å². The summed E-state index contributed by atoms with van der Waals surface area (Å²) in [5.74, 6) is -2.53. The van der Waals surface area contributed by atoms with Crippen molar-refractivity contribution in [3.05, 3.63) is 88.0 Å². The molecule has 71 heavy (non-hydrogen) atoms. The number of carbonyl (C=O) groups is 4. The molecule has 1 saturated heterocycles. The molecule has 380 valence electrons. The lowest BCUT2D eigenvalue weighted by Crippen LogP contribution is -2.62. The Balaban J connectivity index is 1.26. The molecule has 0 aliphatic carbocycles. The average Bonchev–Trinajstić information content (AvgIpc) is 3.92. The van der Waals surface area contributed by atoms with Crippen molar-refractivity contribution in [1.82, 2.24) is 40.1 Å². The van der Waals surface area contributed by atoms with Crippen LogP contribution in [0.3, 0.4) is 0 Å². The molecule has 5 heterocycles. The summed E-state index contributed by atoms with van der Waals surface area (Å²) in [6, 6.07) is 9.12. The second-order valence-electron chi connectivity index (χ2n) is 20.1. The number of hydrogen-bond donors (Lipinski definition) is 5. The highest BCUT2D eigenvalue weighted by atomic mass is 16.8. The molecule has 5 N–H and O–H groups in total. The lowest BCUT2D eigenvalue weighted by atomic mass is 9.83. The molecule has 0 radical (unpaired) electrons. The third-order valence-corrected chi connectivity index (χ3v) is 13.3. The highest BCUT2D eigenvalue weighted by Gasteiger charge is 2.41. The number of imidazole rings is 1. The number of nitrogens with one attached hydrogen (secondary N) is 4. The van der Waals surface area contributed by atoms with Crippen molar-refractivity contribution in [3.8, 4) is 16.9 Å². The molecule has 6 bridgehead atoms. The van der Waals surface area contributed by atoms with Gasteiger partial charge in [0.1, 0.15) is 23.7 Å². The van der Waals surface area contributed by atoms with Gasteiger partial charge in [-0.25, -0.2) is 9.82 Å². The molecule has 4 atom stereocenters. The fourth-order valence-corrected chi connectivity index (χ4v) is 9.77. The van der Waals surface area contributed by atoms with E-state index < -0.39 is 53.2 Å². The molecule has 3 aliphatic rings. The van der Waals surface area contributed by atoms with Crippen LogP contribution in [0.1, 0.15) is 94.7 Å². The van der Waals surface area contributed by atoms with Crippen LogP contribution in [-0.4, -0.2) is 142 Å². The molecule has 7 rings (SSSR count). The maximum atomic E-state index is 14.8. The van der Waals surface area contributed by atoms with Crippen LogP contribution in [0.25, 0.3) is 27.6 Å². The number of aromatic nitrogens is 3. The van der Waals surface area contributed by atoms with E-state index in [1.807, 2.05) is 44.3 Å². The Morgan fingerprint density at radius 1 is 1.11 bits per heavy atom. The number of methoxy groups -OCH3 is 1. The van der Waals surface area contributed by atoms with Gasteiger partial charge in [-0.15, -0.1) is 0 Å². The van der Waals surface area contributed by atoms with Crippen molar-refractivity contribution in [1.29, 1.82) is 0 Å². The second kappa shape index (κ2) is 22.2. The molecule has 0 spiro atoms. The summed E-state index contributed by atoms with van der Waals surface area (Å²) in [7, 11) is 6.92. The van der Waals surface area contributed by atoms with Crippen molar-refractivity contribution in [2.75, 3.05) is 53.3 Å². The fraction of sp³-hybridized carbons (Fsp3) is 0.500. The first-order chi connectivity index (χ1) is 33.8. The maximum absolute atomic E-state index is 14.8. The number of aryl methyl sites for hydroxylation is 1. The molecule has 0 unspecified atom stereocenters. The fourth-order valence-electron chi connectivity index (χ4n) is 9.77. The molecule has 2 aromatic heterocycles. The number of amides is 4. The van der Waals surface area contributed by atoms with Gasteiger partial charge in [0.25, 0.3) is 11.8 Å². The number of allylic oxidation sites excluding steroid dienone is 1. The van der Waals surface area contributed by atoms with E-state index in [1.54, 1.807) is 39.2 Å². The van der Waals surface area contributed by atoms with Crippen molar-refractivity contribution in [3.63, 3.8) is 0 Å². The predicted molar refractivity (Wildman–Crippen MR) is 272 cm³/mol. The lowest BCUT2D eigenvalue weighted by Gasteiger charge is -2.34. The third kappa shape index (κ3) is 11.9. The molecule has 19 heteroatoms. The van der Waals surface area contributed by atoms with Gasteiger partial charge in [0, 0.05) is 80.8 Å². The topological polar surface area (TPSA) is 219 Å². The third-order valence-electron chi connectivity index (χ3n) is 13.3. The number of ether oxygens (including phenoxy) is 1. The monoisotopic (exact) mass is 977 g/mol. The quantitative estimate of drug-likeness (QED) is 0.0980. The molecule has 0 saturated carbocycles. The Morgan fingerprint density at radius 2 is 1.89 bits per heavy atom. The number of nitrogens with zero attached hydrogens (tertiary/aromatic N) is 7. The van der Waals surface area contributed by atoms with Crippen LogP contribution in [-0.2, 0) is 43.3 Å². The second-order valence-corrected chi connectivity index (χ2v) is 20.1. The Kier molecular flexibility index (Phi) is 16.3. The minimum absolute atomic E-state index is 0.0274. The zero-order chi connectivity index (χ0) is 51.3. The van der Waals surface area contributed by atoms with Gasteiger partial charge < -0.3 is 39.8 Å². The maximum Gasteiger partial charge on any atom is 0.326 e. The van der Waals surface area contributed by atoms with Crippen LogP contribution in [0.2, 0.25) is 0 Å². The van der Waals surface area contributed by atoms with Gasteiger partial charge in [-0.3, -0.25) is 29.2 Å². The number of H-pyrrole nitrogens is 1. The number of likely N-dealkylation sites (N-methyl/N-ethyl adjacent to an activating group) is 2. The van der Waals surface area contributed by atoms with E-state index in [0.29, 0.717) is 48.4 Å². The number of phenols is 1. The summed E-state index contributed by atoms with van der Waals surface area (Å²) < 4.78 is 8.17. The van der Waals surface area contributed by atoms with Gasteiger partial charge in [-0.05, 0) is 106 Å². The van der Waals surface area contributed by atoms with Crippen LogP contribution in [0.4, 0.5) is 5.82 Å². The molecule has 1 fully saturated rings. The number of aliphatic imine (C=N–C) groups is 1. The highest BCUT2D eigenvalue weighted by molar-refractivity contribution is 6.00. The van der Waals surface area contributed by atoms with Gasteiger partial charge in [0.2, 0.25) is 16.7 Å². The van der Waals surface area contributed by atoms with E-state index in [1.165, 1.54) is 29.2 Å². The van der Waals surface area contributed by atoms with Gasteiger partial charge >= 0.3 is 6.17 Å². The first kappa shape index (κ1) is 52.1. The number of phenolic OH excluding ortho intramolecular Hbond substituents is 1. The first-order valence-corrected chi connectivity index (χ1v) is 24.5. The molecular formula is C52H70N11O8+. The van der Waals surface area contributed by atoms with E-state index in [4.69, 9.17) is 14.6 Å². The highest BCUT2D eigenvalue weighted by Crippen LogP contribution is 2.42. The number of hydrazine groups is 1. The van der Waals surface area contributed by atoms with Crippen molar-refractivity contribution in [2.24, 2.45) is 16.3 Å². The van der Waals surface area contributed by atoms with Gasteiger partial charge in [-0.2, -0.15) is 5.43 Å². The van der Waals surface area contributed by atoms with Crippen molar-refractivity contribution in [2.45, 2.75) is 111 Å². The zero-order valence-corrected chi connectivity index (χ0v) is 42.7. The predicted octanol–water partition coefficient (Wildman–Crippen LogP) is 5.99. The van der Waals surface area contributed by atoms with Crippen LogP contribution >= 0.6 is 0 Å². The standard InChI is InChI=1S/C52H69N11O8/c1-11-61-41-19-18-34-27-38(41)39(47(61)37-15-12-20-53-45(37)32(4)70-10)28-52(5,6)30-71-63(69)43-16-13-22-62(58-43)50(67)40(25-33-23-35(34)26-36(64)24-33)55-49(66)46(31(2)3)60(9)51(68)48-54-29-42(57-48)56-44(65)17-14-21-59(7)8/h14,17-20,23-24,26-27,29,31-32,40,43,46,58H,11-13,15-16,21-22,25,28,30H2,1-10H3,(H3-,54,55,56,57,64,65,66,68)/p+1/b17-14+/t32-,40-,43+,46-/m0/s1. The van der Waals surface area contributed by atoms with E-state index in [9.17, 15) is 29.2 Å². The summed E-state index contributed by atoms with van der Waals surface area (Å²) in [5.41, 5.74) is 9.79. The zero-order valence-electron chi connectivity index (χ0n) is 42.7. The number of fused-ring (bicyclic) bond motifs is 6. The van der Waals surface area contributed by atoms with Crippen LogP contribution in [0.15, 0.2) is 65.4 Å². The number of anilines is 1. The van der Waals surface area contributed by atoms with E-state index in [2.05, 4.69) is 63.5 Å². The van der Waals surface area contributed by atoms with Gasteiger partial charge in [0.05, 0.1) is 28.6 Å². The largest absolute Gasteiger partial charge is 0.508 e. The van der Waals surface area contributed by atoms with E-state index in [0.717, 1.165) is 51.8 Å². The van der Waals surface area contributed by atoms with Gasteiger partial charge in [0.15, 0.2) is 12.4 Å². The summed E-state index contributed by atoms with van der Waals surface area (Å²) >= 11 is 0. The molecule has 4 amide bonds. The summed E-state index contributed by atoms with van der Waals surface area (Å²) in [5, 5.41) is 19.3. The number of aromatic hydroxyl groups is 1. The molecular weight excluding hydrogens is 907 g/mol. The minimum atomic E-state index is -1.22. The molecule has 3 aliphatic heterocycles.